The van der Waals surface area contributed by atoms with Crippen molar-refractivity contribution in [1.82, 2.24) is 10.2 Å². The maximum atomic E-state index is 6.22. The fourth-order valence-corrected chi connectivity index (χ4v) is 3.58. The van der Waals surface area contributed by atoms with Crippen molar-refractivity contribution < 1.29 is 0 Å². The molecule has 2 aliphatic rings. The van der Waals surface area contributed by atoms with Gasteiger partial charge in [0.25, 0.3) is 0 Å². The predicted molar refractivity (Wildman–Crippen MR) is 86.0 cm³/mol. The average Bonchev–Trinajstić information content (AvgIpc) is 2.78. The Morgan fingerprint density at radius 3 is 2.75 bits per heavy atom. The van der Waals surface area contributed by atoms with Crippen molar-refractivity contribution in [3.8, 4) is 0 Å². The number of nitrogens with zero attached hydrogens (tertiary/aromatic N) is 2. The Kier molecular flexibility index (Phi) is 4.20. The second-order valence-corrected chi connectivity index (χ2v) is 6.63. The topological polar surface area (TPSA) is 18.5 Å². The van der Waals surface area contributed by atoms with E-state index in [1.165, 1.54) is 11.3 Å². The maximum absolute atomic E-state index is 6.22. The summed E-state index contributed by atoms with van der Waals surface area (Å²) in [4.78, 5) is 5.09. The lowest BCUT2D eigenvalue weighted by Gasteiger charge is -2.30. The second-order valence-electron chi connectivity index (χ2n) is 6.20. The Bertz CT molecular complexity index is 469. The van der Waals surface area contributed by atoms with Crippen molar-refractivity contribution in [2.75, 3.05) is 44.2 Å². The zero-order valence-electron chi connectivity index (χ0n) is 12.4. The van der Waals surface area contributed by atoms with Crippen LogP contribution in [0.1, 0.15) is 25.3 Å². The van der Waals surface area contributed by atoms with Gasteiger partial charge in [0.2, 0.25) is 0 Å². The molecule has 0 saturated carbocycles. The van der Waals surface area contributed by atoms with Crippen LogP contribution in [-0.2, 0) is 0 Å². The zero-order valence-corrected chi connectivity index (χ0v) is 13.2. The number of anilines is 1. The molecule has 3 rings (SSSR count). The minimum atomic E-state index is 0.544. The van der Waals surface area contributed by atoms with Crippen LogP contribution in [0.2, 0.25) is 5.02 Å². The summed E-state index contributed by atoms with van der Waals surface area (Å²) < 4.78 is 0. The van der Waals surface area contributed by atoms with Crippen molar-refractivity contribution in [3.05, 3.63) is 28.8 Å². The summed E-state index contributed by atoms with van der Waals surface area (Å²) >= 11 is 6.22. The van der Waals surface area contributed by atoms with Crippen LogP contribution >= 0.6 is 11.6 Å². The summed E-state index contributed by atoms with van der Waals surface area (Å²) in [6, 6.07) is 6.92. The van der Waals surface area contributed by atoms with Crippen LogP contribution in [0.4, 0.5) is 5.69 Å². The first-order chi connectivity index (χ1) is 9.65. The number of fused-ring (bicyclic) bond motifs is 1. The first kappa shape index (κ1) is 14.2. The first-order valence-corrected chi connectivity index (χ1v) is 8.02. The van der Waals surface area contributed by atoms with Gasteiger partial charge in [-0.25, -0.2) is 0 Å². The van der Waals surface area contributed by atoms with E-state index in [9.17, 15) is 0 Å². The Labute approximate surface area is 126 Å². The van der Waals surface area contributed by atoms with Crippen molar-refractivity contribution in [2.45, 2.75) is 25.8 Å². The third-order valence-electron chi connectivity index (χ3n) is 4.47. The van der Waals surface area contributed by atoms with Crippen LogP contribution in [-0.4, -0.2) is 50.2 Å². The quantitative estimate of drug-likeness (QED) is 0.924. The molecule has 4 heteroatoms. The molecule has 1 N–H and O–H groups in total. The van der Waals surface area contributed by atoms with E-state index < -0.39 is 0 Å². The molecule has 110 valence electrons. The standard InChI is InChI=1S/C16H24ClN3/c1-12(2)20-11-13(10-19-7-5-18-6-8-19)15-9-14(17)3-4-16(15)20/h3-4,9,12-13,18H,5-8,10-11H2,1-2H3. The van der Waals surface area contributed by atoms with Gasteiger partial charge in [-0.05, 0) is 37.6 Å². The lowest BCUT2D eigenvalue weighted by Crippen LogP contribution is -2.45. The fourth-order valence-electron chi connectivity index (χ4n) is 3.40. The molecule has 2 aliphatic heterocycles. The Morgan fingerprint density at radius 2 is 2.05 bits per heavy atom. The van der Waals surface area contributed by atoms with E-state index in [-0.39, 0.29) is 0 Å². The largest absolute Gasteiger partial charge is 0.368 e. The Hall–Kier alpha value is -0.770. The third kappa shape index (κ3) is 2.80. The van der Waals surface area contributed by atoms with Crippen LogP contribution in [0.15, 0.2) is 18.2 Å². The SMILES string of the molecule is CC(C)N1CC(CN2CCNCC2)c2cc(Cl)ccc21. The van der Waals surface area contributed by atoms with Gasteiger partial charge in [0.15, 0.2) is 0 Å². The molecule has 1 unspecified atom stereocenters. The molecule has 1 aromatic carbocycles. The molecule has 0 bridgehead atoms. The molecule has 1 atom stereocenters. The molecule has 0 amide bonds. The zero-order chi connectivity index (χ0) is 14.1. The molecule has 0 aromatic heterocycles. The first-order valence-electron chi connectivity index (χ1n) is 7.64. The highest BCUT2D eigenvalue weighted by atomic mass is 35.5. The lowest BCUT2D eigenvalue weighted by atomic mass is 10.0. The van der Waals surface area contributed by atoms with Crippen LogP contribution in [0.5, 0.6) is 0 Å². The van der Waals surface area contributed by atoms with E-state index >= 15 is 0 Å². The molecular formula is C16H24ClN3. The van der Waals surface area contributed by atoms with E-state index in [4.69, 9.17) is 11.6 Å². The number of nitrogens with one attached hydrogen (secondary N) is 1. The minimum Gasteiger partial charge on any atom is -0.368 e. The number of benzene rings is 1. The molecule has 1 aromatic rings. The van der Waals surface area contributed by atoms with Gasteiger partial charge in [-0.3, -0.25) is 0 Å². The summed E-state index contributed by atoms with van der Waals surface area (Å²) in [5.74, 6) is 0.587. The van der Waals surface area contributed by atoms with Crippen LogP contribution in [0.25, 0.3) is 0 Å². The van der Waals surface area contributed by atoms with Crippen molar-refractivity contribution in [3.63, 3.8) is 0 Å². The normalized spacial score (nSPS) is 23.4. The molecule has 0 radical (unpaired) electrons. The van der Waals surface area contributed by atoms with Gasteiger partial charge in [-0.15, -0.1) is 0 Å². The monoisotopic (exact) mass is 293 g/mol. The minimum absolute atomic E-state index is 0.544. The maximum Gasteiger partial charge on any atom is 0.0410 e. The highest BCUT2D eigenvalue weighted by Crippen LogP contribution is 2.39. The number of halogens is 1. The molecule has 3 nitrogen and oxygen atoms in total. The van der Waals surface area contributed by atoms with Gasteiger partial charge >= 0.3 is 0 Å². The second kappa shape index (κ2) is 5.92. The third-order valence-corrected chi connectivity index (χ3v) is 4.70. The Balaban J connectivity index is 1.80. The Morgan fingerprint density at radius 1 is 1.30 bits per heavy atom. The van der Waals surface area contributed by atoms with E-state index in [1.54, 1.807) is 0 Å². The van der Waals surface area contributed by atoms with E-state index in [2.05, 4.69) is 41.1 Å². The molecule has 20 heavy (non-hydrogen) atoms. The van der Waals surface area contributed by atoms with Gasteiger partial charge in [0.1, 0.15) is 0 Å². The molecule has 1 saturated heterocycles. The number of piperazine rings is 1. The van der Waals surface area contributed by atoms with Crippen LogP contribution in [0, 0.1) is 0 Å². The van der Waals surface area contributed by atoms with E-state index in [1.807, 2.05) is 6.07 Å². The van der Waals surface area contributed by atoms with Gasteiger partial charge in [0, 0.05) is 61.9 Å². The molecule has 1 fully saturated rings. The molecule has 0 aliphatic carbocycles. The number of hydrogen-bond donors (Lipinski definition) is 1. The van der Waals surface area contributed by atoms with Crippen LogP contribution in [0.3, 0.4) is 0 Å². The highest BCUT2D eigenvalue weighted by molar-refractivity contribution is 6.30. The summed E-state index contributed by atoms with van der Waals surface area (Å²) in [7, 11) is 0. The number of rotatable bonds is 3. The smallest absolute Gasteiger partial charge is 0.0410 e. The van der Waals surface area contributed by atoms with Gasteiger partial charge < -0.3 is 15.1 Å². The van der Waals surface area contributed by atoms with Gasteiger partial charge in [-0.2, -0.15) is 0 Å². The average molecular weight is 294 g/mol. The molecule has 0 spiro atoms. The molecular weight excluding hydrogens is 270 g/mol. The highest BCUT2D eigenvalue weighted by Gasteiger charge is 2.31. The van der Waals surface area contributed by atoms with Crippen LogP contribution < -0.4 is 10.2 Å². The summed E-state index contributed by atoms with van der Waals surface area (Å²) in [5, 5.41) is 4.28. The van der Waals surface area contributed by atoms with Crippen molar-refractivity contribution >= 4 is 17.3 Å². The van der Waals surface area contributed by atoms with E-state index in [0.717, 1.165) is 44.3 Å². The van der Waals surface area contributed by atoms with Gasteiger partial charge in [-0.1, -0.05) is 11.6 Å². The van der Waals surface area contributed by atoms with Gasteiger partial charge in [0.05, 0.1) is 0 Å². The van der Waals surface area contributed by atoms with Crippen molar-refractivity contribution in [1.29, 1.82) is 0 Å². The molecule has 2 heterocycles. The van der Waals surface area contributed by atoms with Crippen molar-refractivity contribution in [2.24, 2.45) is 0 Å². The fraction of sp³-hybridized carbons (Fsp3) is 0.625. The summed E-state index contributed by atoms with van der Waals surface area (Å²) in [6.45, 7) is 11.4. The lowest BCUT2D eigenvalue weighted by molar-refractivity contribution is 0.229. The number of hydrogen-bond acceptors (Lipinski definition) is 3. The summed E-state index contributed by atoms with van der Waals surface area (Å²) in [5.41, 5.74) is 2.81. The van der Waals surface area contributed by atoms with E-state index in [0.29, 0.717) is 12.0 Å². The predicted octanol–water partition coefficient (Wildman–Crippen LogP) is 2.56. The summed E-state index contributed by atoms with van der Waals surface area (Å²) in [6.07, 6.45) is 0.